The SMILES string of the molecule is C#CC(F)Cc1ccco1. The molecule has 0 radical (unpaired) electrons. The largest absolute Gasteiger partial charge is 0.469 e. The fourth-order valence-corrected chi connectivity index (χ4v) is 0.664. The van der Waals surface area contributed by atoms with Crippen molar-refractivity contribution < 1.29 is 8.81 Å². The van der Waals surface area contributed by atoms with Crippen molar-refractivity contribution in [2.45, 2.75) is 12.6 Å². The number of terminal acetylenes is 1. The van der Waals surface area contributed by atoms with Crippen LogP contribution in [0.5, 0.6) is 0 Å². The molecule has 1 rings (SSSR count). The summed E-state index contributed by atoms with van der Waals surface area (Å²) >= 11 is 0. The van der Waals surface area contributed by atoms with Crippen LogP contribution in [-0.4, -0.2) is 6.17 Å². The predicted octanol–water partition coefficient (Wildman–Crippen LogP) is 1.79. The van der Waals surface area contributed by atoms with E-state index in [-0.39, 0.29) is 6.42 Å². The summed E-state index contributed by atoms with van der Waals surface area (Å²) in [6.07, 6.45) is 5.26. The van der Waals surface area contributed by atoms with Gasteiger partial charge < -0.3 is 4.42 Å². The minimum absolute atomic E-state index is 0.170. The van der Waals surface area contributed by atoms with E-state index in [1.807, 2.05) is 5.92 Å². The van der Waals surface area contributed by atoms with E-state index in [0.717, 1.165) is 0 Å². The van der Waals surface area contributed by atoms with Crippen LogP contribution in [0.2, 0.25) is 0 Å². The lowest BCUT2D eigenvalue weighted by molar-refractivity contribution is 0.379. The molecule has 10 heavy (non-hydrogen) atoms. The molecule has 0 aliphatic heterocycles. The lowest BCUT2D eigenvalue weighted by Gasteiger charge is -1.94. The number of rotatable bonds is 2. The van der Waals surface area contributed by atoms with Gasteiger partial charge in [0.05, 0.1) is 6.26 Å². The summed E-state index contributed by atoms with van der Waals surface area (Å²) < 4.78 is 17.3. The molecule has 0 saturated carbocycles. The fourth-order valence-electron chi connectivity index (χ4n) is 0.664. The molecule has 0 aliphatic carbocycles. The standard InChI is InChI=1S/C8H7FO/c1-2-7(9)6-8-4-3-5-10-8/h1,3-5,7H,6H2. The number of hydrogen-bond acceptors (Lipinski definition) is 1. The first kappa shape index (κ1) is 6.88. The third-order valence-corrected chi connectivity index (χ3v) is 1.14. The maximum Gasteiger partial charge on any atom is 0.167 e. The second-order valence-corrected chi connectivity index (χ2v) is 1.92. The summed E-state index contributed by atoms with van der Waals surface area (Å²) in [6, 6.07) is 3.41. The third kappa shape index (κ3) is 1.63. The topological polar surface area (TPSA) is 13.1 Å². The molecule has 1 aromatic rings. The van der Waals surface area contributed by atoms with Gasteiger partial charge in [-0.1, -0.05) is 5.92 Å². The summed E-state index contributed by atoms with van der Waals surface area (Å²) in [4.78, 5) is 0. The molecule has 0 bridgehead atoms. The van der Waals surface area contributed by atoms with Crippen LogP contribution in [-0.2, 0) is 6.42 Å². The molecule has 0 spiro atoms. The molecule has 0 amide bonds. The summed E-state index contributed by atoms with van der Waals surface area (Å²) in [5.74, 6) is 2.56. The molecule has 1 aromatic heterocycles. The van der Waals surface area contributed by atoms with Gasteiger partial charge in [0.15, 0.2) is 6.17 Å². The minimum atomic E-state index is -1.23. The van der Waals surface area contributed by atoms with Crippen molar-refractivity contribution in [3.8, 4) is 12.3 Å². The highest BCUT2D eigenvalue weighted by Crippen LogP contribution is 2.05. The Morgan fingerprint density at radius 1 is 1.80 bits per heavy atom. The lowest BCUT2D eigenvalue weighted by atomic mass is 10.2. The zero-order valence-corrected chi connectivity index (χ0v) is 5.38. The Labute approximate surface area is 58.9 Å². The first-order valence-corrected chi connectivity index (χ1v) is 2.95. The Bertz CT molecular complexity index is 220. The third-order valence-electron chi connectivity index (χ3n) is 1.14. The van der Waals surface area contributed by atoms with Gasteiger partial charge in [0.2, 0.25) is 0 Å². The van der Waals surface area contributed by atoms with Gasteiger partial charge in [-0.3, -0.25) is 0 Å². The van der Waals surface area contributed by atoms with Crippen LogP contribution in [0.15, 0.2) is 22.8 Å². The van der Waals surface area contributed by atoms with Gasteiger partial charge in [-0.2, -0.15) is 0 Å². The maximum atomic E-state index is 12.4. The van der Waals surface area contributed by atoms with Crippen LogP contribution in [0.25, 0.3) is 0 Å². The van der Waals surface area contributed by atoms with Gasteiger partial charge in [0, 0.05) is 6.42 Å². The molecule has 0 fully saturated rings. The molecular formula is C8H7FO. The van der Waals surface area contributed by atoms with E-state index in [2.05, 4.69) is 0 Å². The predicted molar refractivity (Wildman–Crippen MR) is 36.1 cm³/mol. The highest BCUT2D eigenvalue weighted by Gasteiger charge is 2.04. The molecule has 1 atom stereocenters. The zero-order valence-electron chi connectivity index (χ0n) is 5.38. The van der Waals surface area contributed by atoms with Gasteiger partial charge >= 0.3 is 0 Å². The molecule has 0 aliphatic rings. The Morgan fingerprint density at radius 3 is 3.10 bits per heavy atom. The van der Waals surface area contributed by atoms with Crippen LogP contribution in [0.1, 0.15) is 5.76 Å². The van der Waals surface area contributed by atoms with Crippen molar-refractivity contribution in [2.24, 2.45) is 0 Å². The molecular weight excluding hydrogens is 131 g/mol. The number of hydrogen-bond donors (Lipinski definition) is 0. The van der Waals surface area contributed by atoms with Crippen molar-refractivity contribution in [1.82, 2.24) is 0 Å². The summed E-state index contributed by atoms with van der Waals surface area (Å²) in [7, 11) is 0. The van der Waals surface area contributed by atoms with E-state index in [1.54, 1.807) is 12.1 Å². The average molecular weight is 138 g/mol. The molecule has 1 heterocycles. The second kappa shape index (κ2) is 3.07. The van der Waals surface area contributed by atoms with Crippen LogP contribution in [0.3, 0.4) is 0 Å². The Hall–Kier alpha value is -1.23. The van der Waals surface area contributed by atoms with Crippen molar-refractivity contribution in [2.75, 3.05) is 0 Å². The summed E-state index contributed by atoms with van der Waals surface area (Å²) in [5.41, 5.74) is 0. The zero-order chi connectivity index (χ0) is 7.40. The average Bonchev–Trinajstić information content (AvgIpc) is 2.40. The number of furan rings is 1. The molecule has 0 aromatic carbocycles. The Morgan fingerprint density at radius 2 is 2.60 bits per heavy atom. The van der Waals surface area contributed by atoms with Gasteiger partial charge in [-0.05, 0) is 12.1 Å². The molecule has 0 N–H and O–H groups in total. The molecule has 52 valence electrons. The summed E-state index contributed by atoms with van der Waals surface area (Å²) in [6.45, 7) is 0. The van der Waals surface area contributed by atoms with Gasteiger partial charge in [0.1, 0.15) is 5.76 Å². The first-order chi connectivity index (χ1) is 4.83. The molecule has 0 saturated heterocycles. The number of alkyl halides is 1. The van der Waals surface area contributed by atoms with E-state index >= 15 is 0 Å². The first-order valence-electron chi connectivity index (χ1n) is 2.95. The second-order valence-electron chi connectivity index (χ2n) is 1.92. The molecule has 2 heteroatoms. The van der Waals surface area contributed by atoms with E-state index in [1.165, 1.54) is 6.26 Å². The van der Waals surface area contributed by atoms with Crippen molar-refractivity contribution in [1.29, 1.82) is 0 Å². The van der Waals surface area contributed by atoms with Crippen molar-refractivity contribution in [3.05, 3.63) is 24.2 Å². The van der Waals surface area contributed by atoms with Crippen molar-refractivity contribution >= 4 is 0 Å². The van der Waals surface area contributed by atoms with Crippen LogP contribution in [0.4, 0.5) is 4.39 Å². The molecule has 1 nitrogen and oxygen atoms in total. The monoisotopic (exact) mass is 138 g/mol. The van der Waals surface area contributed by atoms with E-state index in [0.29, 0.717) is 5.76 Å². The van der Waals surface area contributed by atoms with Crippen molar-refractivity contribution in [3.63, 3.8) is 0 Å². The van der Waals surface area contributed by atoms with Gasteiger partial charge in [0.25, 0.3) is 0 Å². The van der Waals surface area contributed by atoms with E-state index in [9.17, 15) is 4.39 Å². The van der Waals surface area contributed by atoms with Crippen LogP contribution < -0.4 is 0 Å². The van der Waals surface area contributed by atoms with Crippen LogP contribution in [0, 0.1) is 12.3 Å². The fraction of sp³-hybridized carbons (Fsp3) is 0.250. The van der Waals surface area contributed by atoms with E-state index in [4.69, 9.17) is 10.8 Å². The molecule has 1 unspecified atom stereocenters. The summed E-state index contributed by atoms with van der Waals surface area (Å²) in [5, 5.41) is 0. The maximum absolute atomic E-state index is 12.4. The van der Waals surface area contributed by atoms with Gasteiger partial charge in [-0.15, -0.1) is 6.42 Å². The lowest BCUT2D eigenvalue weighted by Crippen LogP contribution is -1.98. The van der Waals surface area contributed by atoms with Crippen LogP contribution >= 0.6 is 0 Å². The minimum Gasteiger partial charge on any atom is -0.469 e. The normalized spacial score (nSPS) is 12.4. The Balaban J connectivity index is 2.50. The highest BCUT2D eigenvalue weighted by molar-refractivity contribution is 5.05. The van der Waals surface area contributed by atoms with Gasteiger partial charge in [-0.25, -0.2) is 4.39 Å². The smallest absolute Gasteiger partial charge is 0.167 e. The highest BCUT2D eigenvalue weighted by atomic mass is 19.1. The quantitative estimate of drug-likeness (QED) is 0.568. The number of halogens is 1. The van der Waals surface area contributed by atoms with E-state index < -0.39 is 6.17 Å². The Kier molecular flexibility index (Phi) is 2.11.